The molecule has 1 unspecified atom stereocenters. The number of halogens is 1. The smallest absolute Gasteiger partial charge is 0.341 e. The Morgan fingerprint density at radius 1 is 1.52 bits per heavy atom. The lowest BCUT2D eigenvalue weighted by atomic mass is 10.1. The molecule has 1 aromatic heterocycles. The number of nitrogens with one attached hydrogen (secondary N) is 1. The third kappa shape index (κ3) is 3.02. The molecule has 2 heterocycles. The Bertz CT molecular complexity index is 907. The van der Waals surface area contributed by atoms with E-state index in [4.69, 9.17) is 0 Å². The van der Waals surface area contributed by atoms with Crippen molar-refractivity contribution in [2.45, 2.75) is 19.5 Å². The van der Waals surface area contributed by atoms with E-state index < -0.39 is 17.2 Å². The zero-order valence-electron chi connectivity index (χ0n) is 14.0. The quantitative estimate of drug-likeness (QED) is 0.827. The van der Waals surface area contributed by atoms with Gasteiger partial charge in [-0.3, -0.25) is 4.79 Å². The second-order valence-electron chi connectivity index (χ2n) is 6.03. The van der Waals surface area contributed by atoms with Crippen LogP contribution in [-0.2, 0) is 6.54 Å². The fourth-order valence-corrected chi connectivity index (χ4v) is 3.21. The number of aromatic carboxylic acids is 1. The summed E-state index contributed by atoms with van der Waals surface area (Å²) in [5.41, 5.74) is -0.0783. The van der Waals surface area contributed by atoms with Gasteiger partial charge in [0.05, 0.1) is 11.2 Å². The van der Waals surface area contributed by atoms with Gasteiger partial charge < -0.3 is 19.9 Å². The highest BCUT2D eigenvalue weighted by atomic mass is 19.1. The van der Waals surface area contributed by atoms with Crippen molar-refractivity contribution in [2.75, 3.05) is 24.5 Å². The van der Waals surface area contributed by atoms with Crippen LogP contribution in [0.3, 0.4) is 0 Å². The van der Waals surface area contributed by atoms with E-state index in [2.05, 4.69) is 11.9 Å². The van der Waals surface area contributed by atoms with Crippen molar-refractivity contribution >= 4 is 22.6 Å². The fraction of sp³-hybridized carbons (Fsp3) is 0.333. The van der Waals surface area contributed by atoms with Crippen molar-refractivity contribution in [1.82, 2.24) is 9.88 Å². The average molecular weight is 345 g/mol. The molecule has 0 saturated carbocycles. The number of aryl methyl sites for hydroxylation is 1. The van der Waals surface area contributed by atoms with Crippen LogP contribution in [-0.4, -0.2) is 41.3 Å². The maximum Gasteiger partial charge on any atom is 0.341 e. The molecule has 1 atom stereocenters. The van der Waals surface area contributed by atoms with Crippen molar-refractivity contribution in [3.8, 4) is 0 Å². The number of fused-ring (bicyclic) bond motifs is 1. The Balaban J connectivity index is 2.19. The van der Waals surface area contributed by atoms with Gasteiger partial charge in [-0.15, -0.1) is 6.58 Å². The highest BCUT2D eigenvalue weighted by molar-refractivity contribution is 5.93. The molecule has 132 valence electrons. The van der Waals surface area contributed by atoms with Crippen LogP contribution < -0.4 is 15.6 Å². The molecular formula is C18H20FN3O3. The number of carboxylic acids is 1. The predicted octanol–water partition coefficient (Wildman–Crippen LogP) is 1.82. The molecule has 2 aromatic rings. The van der Waals surface area contributed by atoms with Gasteiger partial charge in [-0.2, -0.15) is 0 Å². The maximum absolute atomic E-state index is 14.7. The minimum Gasteiger partial charge on any atom is -0.477 e. The summed E-state index contributed by atoms with van der Waals surface area (Å²) in [5.74, 6) is -1.84. The molecule has 0 amide bonds. The third-order valence-electron chi connectivity index (χ3n) is 4.55. The summed E-state index contributed by atoms with van der Waals surface area (Å²) in [5, 5.41) is 12.6. The molecule has 25 heavy (non-hydrogen) atoms. The molecule has 6 nitrogen and oxygen atoms in total. The van der Waals surface area contributed by atoms with Gasteiger partial charge >= 0.3 is 5.97 Å². The molecule has 1 aliphatic rings. The third-order valence-corrected chi connectivity index (χ3v) is 4.55. The summed E-state index contributed by atoms with van der Waals surface area (Å²) in [4.78, 5) is 25.6. The molecular weight excluding hydrogens is 325 g/mol. The molecule has 1 saturated heterocycles. The number of nitrogens with zero attached hydrogens (tertiary/aromatic N) is 2. The predicted molar refractivity (Wildman–Crippen MR) is 95.0 cm³/mol. The Kier molecular flexibility index (Phi) is 4.59. The van der Waals surface area contributed by atoms with E-state index in [1.165, 1.54) is 6.20 Å². The molecule has 0 spiro atoms. The second-order valence-corrected chi connectivity index (χ2v) is 6.03. The summed E-state index contributed by atoms with van der Waals surface area (Å²) < 4.78 is 16.4. The van der Waals surface area contributed by atoms with Crippen molar-refractivity contribution in [2.24, 2.45) is 0 Å². The normalized spacial score (nSPS) is 17.7. The van der Waals surface area contributed by atoms with E-state index in [0.29, 0.717) is 37.4 Å². The van der Waals surface area contributed by atoms with Gasteiger partial charge in [0.1, 0.15) is 11.4 Å². The summed E-state index contributed by atoms with van der Waals surface area (Å²) in [6, 6.07) is 2.84. The van der Waals surface area contributed by atoms with Crippen LogP contribution in [0.1, 0.15) is 17.3 Å². The van der Waals surface area contributed by atoms with Crippen LogP contribution in [0, 0.1) is 5.82 Å². The summed E-state index contributed by atoms with van der Waals surface area (Å²) >= 11 is 0. The topological polar surface area (TPSA) is 74.6 Å². The number of hydrogen-bond acceptors (Lipinski definition) is 4. The first kappa shape index (κ1) is 17.2. The lowest BCUT2D eigenvalue weighted by molar-refractivity contribution is 0.0695. The molecule has 0 aliphatic carbocycles. The maximum atomic E-state index is 14.7. The molecule has 1 fully saturated rings. The first-order chi connectivity index (χ1) is 12.0. The minimum atomic E-state index is -1.31. The van der Waals surface area contributed by atoms with Gasteiger partial charge in [0.15, 0.2) is 0 Å². The fourth-order valence-electron chi connectivity index (χ4n) is 3.21. The largest absolute Gasteiger partial charge is 0.477 e. The van der Waals surface area contributed by atoms with Gasteiger partial charge in [-0.25, -0.2) is 9.18 Å². The summed E-state index contributed by atoms with van der Waals surface area (Å²) in [6.07, 6.45) is 3.10. The molecule has 3 rings (SSSR count). The van der Waals surface area contributed by atoms with Gasteiger partial charge in [0.25, 0.3) is 0 Å². The number of aromatic nitrogens is 1. The number of hydrogen-bond donors (Lipinski definition) is 2. The SMILES string of the molecule is C=CC1CN(c2cc3c(cc2F)c(=O)c(C(=O)O)cn3CC)CCN1. The molecule has 0 bridgehead atoms. The number of benzene rings is 1. The van der Waals surface area contributed by atoms with E-state index in [1.807, 2.05) is 11.8 Å². The molecule has 0 radical (unpaired) electrons. The zero-order chi connectivity index (χ0) is 18.1. The van der Waals surface area contributed by atoms with Crippen molar-refractivity contribution in [3.05, 3.63) is 52.6 Å². The molecule has 7 heteroatoms. The lowest BCUT2D eigenvalue weighted by Crippen LogP contribution is -2.50. The molecule has 2 N–H and O–H groups in total. The van der Waals surface area contributed by atoms with Crippen molar-refractivity contribution in [1.29, 1.82) is 0 Å². The Morgan fingerprint density at radius 3 is 2.92 bits per heavy atom. The summed E-state index contributed by atoms with van der Waals surface area (Å²) in [6.45, 7) is 8.00. The van der Waals surface area contributed by atoms with Crippen LogP contribution in [0.5, 0.6) is 0 Å². The summed E-state index contributed by atoms with van der Waals surface area (Å²) in [7, 11) is 0. The van der Waals surface area contributed by atoms with Crippen molar-refractivity contribution in [3.63, 3.8) is 0 Å². The number of carbonyl (C=O) groups is 1. The highest BCUT2D eigenvalue weighted by Gasteiger charge is 2.22. The molecule has 1 aromatic carbocycles. The average Bonchev–Trinajstić information content (AvgIpc) is 2.61. The van der Waals surface area contributed by atoms with Gasteiger partial charge in [-0.1, -0.05) is 6.08 Å². The molecule has 1 aliphatic heterocycles. The van der Waals surface area contributed by atoms with Crippen molar-refractivity contribution < 1.29 is 14.3 Å². The van der Waals surface area contributed by atoms with E-state index >= 15 is 0 Å². The highest BCUT2D eigenvalue weighted by Crippen LogP contribution is 2.26. The number of pyridine rings is 1. The number of rotatable bonds is 4. The van der Waals surface area contributed by atoms with E-state index in [1.54, 1.807) is 16.7 Å². The number of anilines is 1. The Hall–Kier alpha value is -2.67. The zero-order valence-corrected chi connectivity index (χ0v) is 14.0. The standard InChI is InChI=1S/C18H20FN3O3/c1-3-11-9-22(6-5-20-11)16-8-15-12(7-14(16)19)17(23)13(18(24)25)10-21(15)4-2/h3,7-8,10-11,20H,1,4-6,9H2,2H3,(H,24,25). The van der Waals surface area contributed by atoms with Gasteiger partial charge in [-0.05, 0) is 19.1 Å². The van der Waals surface area contributed by atoms with Crippen LogP contribution >= 0.6 is 0 Å². The lowest BCUT2D eigenvalue weighted by Gasteiger charge is -2.34. The van der Waals surface area contributed by atoms with Crippen LogP contribution in [0.25, 0.3) is 10.9 Å². The van der Waals surface area contributed by atoms with Gasteiger partial charge in [0, 0.05) is 43.8 Å². The van der Waals surface area contributed by atoms with E-state index in [9.17, 15) is 19.1 Å². The van der Waals surface area contributed by atoms with Crippen LogP contribution in [0.4, 0.5) is 10.1 Å². The van der Waals surface area contributed by atoms with Crippen LogP contribution in [0.2, 0.25) is 0 Å². The Morgan fingerprint density at radius 2 is 2.28 bits per heavy atom. The minimum absolute atomic E-state index is 0.0617. The number of carboxylic acid groups (broad SMARTS) is 1. The first-order valence-corrected chi connectivity index (χ1v) is 8.17. The second kappa shape index (κ2) is 6.68. The van der Waals surface area contributed by atoms with Crippen LogP contribution in [0.15, 0.2) is 35.8 Å². The van der Waals surface area contributed by atoms with Gasteiger partial charge in [0.2, 0.25) is 5.43 Å². The first-order valence-electron chi connectivity index (χ1n) is 8.17. The Labute approximate surface area is 144 Å². The number of piperazine rings is 1. The van der Waals surface area contributed by atoms with E-state index in [-0.39, 0.29) is 17.0 Å². The van der Waals surface area contributed by atoms with E-state index in [0.717, 1.165) is 6.07 Å². The monoisotopic (exact) mass is 345 g/mol.